The van der Waals surface area contributed by atoms with Crippen LogP contribution >= 0.6 is 11.8 Å². The van der Waals surface area contributed by atoms with Gasteiger partial charge in [0.2, 0.25) is 11.9 Å². The van der Waals surface area contributed by atoms with Gasteiger partial charge in [-0.2, -0.15) is 26.7 Å². The van der Waals surface area contributed by atoms with E-state index < -0.39 is 5.60 Å². The molecule has 20 heavy (non-hydrogen) atoms. The normalized spacial score (nSPS) is 13.9. The number of ether oxygens (including phenoxy) is 1. The highest BCUT2D eigenvalue weighted by Gasteiger charge is 2.20. The summed E-state index contributed by atoms with van der Waals surface area (Å²) >= 11 is 1.56. The summed E-state index contributed by atoms with van der Waals surface area (Å²) in [5.74, 6) is 6.40. The average molecular weight is 302 g/mol. The van der Waals surface area contributed by atoms with Crippen molar-refractivity contribution in [3.63, 3.8) is 0 Å². The molecular weight excluding hydrogens is 280 g/mol. The lowest BCUT2D eigenvalue weighted by Gasteiger charge is -2.22. The SMILES string of the molecule is CSCC(C)(O)CNc1nc(NN)nc(OC(C)C)n1. The van der Waals surface area contributed by atoms with Crippen LogP contribution in [0.1, 0.15) is 20.8 Å². The second-order valence-corrected chi connectivity index (χ2v) is 5.73. The summed E-state index contributed by atoms with van der Waals surface area (Å²) in [7, 11) is 0. The number of nitrogens with two attached hydrogens (primary N) is 1. The van der Waals surface area contributed by atoms with Crippen LogP contribution in [0.4, 0.5) is 11.9 Å². The number of aliphatic hydroxyl groups is 1. The molecule has 1 heterocycles. The number of thioether (sulfide) groups is 1. The van der Waals surface area contributed by atoms with Gasteiger partial charge in [-0.25, -0.2) is 5.84 Å². The zero-order valence-electron chi connectivity index (χ0n) is 12.2. The molecule has 1 unspecified atom stereocenters. The monoisotopic (exact) mass is 302 g/mol. The summed E-state index contributed by atoms with van der Waals surface area (Å²) in [5, 5.41) is 13.0. The molecule has 0 aliphatic carbocycles. The summed E-state index contributed by atoms with van der Waals surface area (Å²) in [4.78, 5) is 12.2. The highest BCUT2D eigenvalue weighted by molar-refractivity contribution is 7.98. The van der Waals surface area contributed by atoms with E-state index in [2.05, 4.69) is 25.7 Å². The van der Waals surface area contributed by atoms with Crippen molar-refractivity contribution in [2.75, 3.05) is 29.3 Å². The van der Waals surface area contributed by atoms with Gasteiger partial charge >= 0.3 is 6.01 Å². The van der Waals surface area contributed by atoms with Crippen LogP contribution in [0, 0.1) is 0 Å². The first-order chi connectivity index (χ1) is 9.36. The number of hydrogen-bond donors (Lipinski definition) is 4. The third kappa shape index (κ3) is 5.76. The molecule has 0 fully saturated rings. The molecule has 0 aromatic carbocycles. The van der Waals surface area contributed by atoms with Gasteiger partial charge in [-0.3, -0.25) is 5.43 Å². The van der Waals surface area contributed by atoms with Crippen molar-refractivity contribution in [3.8, 4) is 6.01 Å². The largest absolute Gasteiger partial charge is 0.461 e. The van der Waals surface area contributed by atoms with Gasteiger partial charge in [0.1, 0.15) is 0 Å². The molecular formula is C11H22N6O2S. The summed E-state index contributed by atoms with van der Waals surface area (Å²) in [6.45, 7) is 5.79. The molecule has 0 aliphatic rings. The van der Waals surface area contributed by atoms with E-state index in [0.29, 0.717) is 18.2 Å². The van der Waals surface area contributed by atoms with Gasteiger partial charge in [-0.15, -0.1) is 0 Å². The summed E-state index contributed by atoms with van der Waals surface area (Å²) in [6, 6.07) is 0.176. The highest BCUT2D eigenvalue weighted by atomic mass is 32.2. The second-order valence-electron chi connectivity index (χ2n) is 4.86. The number of rotatable bonds is 8. The Morgan fingerprint density at radius 3 is 2.55 bits per heavy atom. The lowest BCUT2D eigenvalue weighted by atomic mass is 10.1. The molecule has 0 aliphatic heterocycles. The lowest BCUT2D eigenvalue weighted by Crippen LogP contribution is -2.36. The summed E-state index contributed by atoms with van der Waals surface area (Å²) in [6.07, 6.45) is 1.87. The first-order valence-electron chi connectivity index (χ1n) is 6.21. The molecule has 0 bridgehead atoms. The third-order valence-corrected chi connectivity index (χ3v) is 3.08. The van der Waals surface area contributed by atoms with Crippen molar-refractivity contribution >= 4 is 23.7 Å². The Labute approximate surface area is 122 Å². The van der Waals surface area contributed by atoms with E-state index in [4.69, 9.17) is 10.6 Å². The van der Waals surface area contributed by atoms with Crippen molar-refractivity contribution in [1.82, 2.24) is 15.0 Å². The molecule has 0 saturated carbocycles. The number of nitrogens with zero attached hydrogens (tertiary/aromatic N) is 3. The summed E-state index contributed by atoms with van der Waals surface area (Å²) < 4.78 is 5.41. The van der Waals surface area contributed by atoms with Crippen LogP contribution in [-0.2, 0) is 0 Å². The Hall–Kier alpha value is -1.32. The van der Waals surface area contributed by atoms with E-state index in [1.807, 2.05) is 20.1 Å². The molecule has 8 nitrogen and oxygen atoms in total. The first-order valence-corrected chi connectivity index (χ1v) is 7.60. The van der Waals surface area contributed by atoms with Crippen LogP contribution in [0.3, 0.4) is 0 Å². The number of anilines is 2. The van der Waals surface area contributed by atoms with Gasteiger partial charge in [0.05, 0.1) is 11.7 Å². The molecule has 0 spiro atoms. The Morgan fingerprint density at radius 1 is 1.35 bits per heavy atom. The predicted molar refractivity (Wildman–Crippen MR) is 80.9 cm³/mol. The van der Waals surface area contributed by atoms with Crippen LogP contribution in [0.2, 0.25) is 0 Å². The first kappa shape index (κ1) is 16.7. The van der Waals surface area contributed by atoms with Crippen molar-refractivity contribution in [2.24, 2.45) is 5.84 Å². The topological polar surface area (TPSA) is 118 Å². The minimum absolute atomic E-state index is 0.0597. The molecule has 0 amide bonds. The Balaban J connectivity index is 2.78. The van der Waals surface area contributed by atoms with Gasteiger partial charge in [-0.1, -0.05) is 0 Å². The third-order valence-electron chi connectivity index (χ3n) is 2.17. The molecule has 1 atom stereocenters. The van der Waals surface area contributed by atoms with Crippen molar-refractivity contribution in [3.05, 3.63) is 0 Å². The van der Waals surface area contributed by atoms with Crippen LogP contribution in [0.15, 0.2) is 0 Å². The number of aromatic nitrogens is 3. The fourth-order valence-electron chi connectivity index (χ4n) is 1.40. The number of nitrogen functional groups attached to an aromatic ring is 1. The van der Waals surface area contributed by atoms with E-state index in [-0.39, 0.29) is 18.1 Å². The van der Waals surface area contributed by atoms with Crippen LogP contribution in [-0.4, -0.2) is 50.3 Å². The van der Waals surface area contributed by atoms with E-state index >= 15 is 0 Å². The molecule has 9 heteroatoms. The zero-order chi connectivity index (χ0) is 15.2. The predicted octanol–water partition coefficient (Wildman–Crippen LogP) is 0.470. The molecule has 0 saturated heterocycles. The molecule has 5 N–H and O–H groups in total. The van der Waals surface area contributed by atoms with Crippen molar-refractivity contribution in [2.45, 2.75) is 32.5 Å². The Morgan fingerprint density at radius 2 is 2.00 bits per heavy atom. The fourth-order valence-corrected chi connectivity index (χ4v) is 2.12. The number of hydrogen-bond acceptors (Lipinski definition) is 9. The van der Waals surface area contributed by atoms with Crippen molar-refractivity contribution < 1.29 is 9.84 Å². The highest BCUT2D eigenvalue weighted by Crippen LogP contribution is 2.14. The van der Waals surface area contributed by atoms with Crippen LogP contribution in [0.25, 0.3) is 0 Å². The minimum atomic E-state index is -0.860. The van der Waals surface area contributed by atoms with Gasteiger partial charge < -0.3 is 15.2 Å². The standard InChI is InChI=1S/C11H22N6O2S/c1-7(2)19-10-15-8(14-9(16-10)17-12)13-5-11(3,18)6-20-4/h7,18H,5-6,12H2,1-4H3,(H2,13,14,15,16,17). The fraction of sp³-hybridized carbons (Fsp3) is 0.727. The quantitative estimate of drug-likeness (QED) is 0.401. The zero-order valence-corrected chi connectivity index (χ0v) is 13.0. The maximum Gasteiger partial charge on any atom is 0.323 e. The van der Waals surface area contributed by atoms with Crippen LogP contribution in [0.5, 0.6) is 6.01 Å². The molecule has 0 radical (unpaired) electrons. The molecule has 1 aromatic heterocycles. The van der Waals surface area contributed by atoms with Crippen molar-refractivity contribution in [1.29, 1.82) is 0 Å². The minimum Gasteiger partial charge on any atom is -0.461 e. The second kappa shape index (κ2) is 7.46. The molecule has 1 rings (SSSR count). The van der Waals surface area contributed by atoms with E-state index in [9.17, 15) is 5.11 Å². The van der Waals surface area contributed by atoms with E-state index in [0.717, 1.165) is 0 Å². The average Bonchev–Trinajstić information content (AvgIpc) is 2.35. The number of nitrogens with one attached hydrogen (secondary N) is 2. The van der Waals surface area contributed by atoms with Gasteiger partial charge in [0, 0.05) is 12.3 Å². The van der Waals surface area contributed by atoms with Gasteiger partial charge in [0.25, 0.3) is 0 Å². The number of hydrazine groups is 1. The van der Waals surface area contributed by atoms with E-state index in [1.54, 1.807) is 18.7 Å². The van der Waals surface area contributed by atoms with Crippen LogP contribution < -0.4 is 21.3 Å². The molecule has 1 aromatic rings. The smallest absolute Gasteiger partial charge is 0.323 e. The van der Waals surface area contributed by atoms with Gasteiger partial charge in [0.15, 0.2) is 0 Å². The lowest BCUT2D eigenvalue weighted by molar-refractivity contribution is 0.0994. The summed E-state index contributed by atoms with van der Waals surface area (Å²) in [5.41, 5.74) is 1.49. The van der Waals surface area contributed by atoms with Gasteiger partial charge in [-0.05, 0) is 27.0 Å². The Bertz CT molecular complexity index is 429. The maximum absolute atomic E-state index is 10.1. The maximum atomic E-state index is 10.1. The Kier molecular flexibility index (Phi) is 6.24. The molecule has 114 valence electrons. The van der Waals surface area contributed by atoms with E-state index in [1.165, 1.54) is 0 Å².